The Morgan fingerprint density at radius 2 is 1.87 bits per heavy atom. The van der Waals surface area contributed by atoms with Gasteiger partial charge in [0.15, 0.2) is 11.5 Å². The minimum absolute atomic E-state index is 0.0318. The molecule has 0 saturated carbocycles. The molecule has 3 rings (SSSR count). The van der Waals surface area contributed by atoms with Crippen LogP contribution in [-0.4, -0.2) is 21.0 Å². The molecule has 0 unspecified atom stereocenters. The molecule has 2 aromatic carbocycles. The number of carbonyl (C=O) groups excluding carboxylic acids is 1. The topological polar surface area (TPSA) is 93.5 Å². The van der Waals surface area contributed by atoms with Gasteiger partial charge in [-0.15, -0.1) is 11.3 Å². The number of hydrogen-bond donors (Lipinski definition) is 0. The first-order valence-corrected chi connectivity index (χ1v) is 11.3. The van der Waals surface area contributed by atoms with Crippen molar-refractivity contribution in [3.63, 3.8) is 0 Å². The van der Waals surface area contributed by atoms with Gasteiger partial charge in [0.1, 0.15) is 15.9 Å². The van der Waals surface area contributed by atoms with E-state index in [4.69, 9.17) is 9.47 Å². The molecule has 8 heteroatoms. The molecule has 0 aliphatic heterocycles. The summed E-state index contributed by atoms with van der Waals surface area (Å²) in [5.41, 5.74) is 0.422. The third-order valence-electron chi connectivity index (χ3n) is 3.94. The van der Waals surface area contributed by atoms with Crippen LogP contribution in [0.1, 0.15) is 22.2 Å². The van der Waals surface area contributed by atoms with Gasteiger partial charge in [0.05, 0.1) is 11.5 Å². The smallest absolute Gasteiger partial charge is 0.353 e. The van der Waals surface area contributed by atoms with Crippen LogP contribution in [-0.2, 0) is 9.84 Å². The van der Waals surface area contributed by atoms with Crippen molar-refractivity contribution in [3.05, 3.63) is 81.4 Å². The maximum absolute atomic E-state index is 12.7. The van der Waals surface area contributed by atoms with Crippen molar-refractivity contribution in [2.45, 2.75) is 11.8 Å². The number of nitrogens with zero attached hydrogens (tertiary/aromatic N) is 1. The molecular weight excluding hydrogens is 422 g/mol. The predicted molar refractivity (Wildman–Crippen MR) is 114 cm³/mol. The van der Waals surface area contributed by atoms with E-state index in [-0.39, 0.29) is 16.4 Å². The Bertz CT molecular complexity index is 1210. The number of benzene rings is 2. The van der Waals surface area contributed by atoms with Crippen LogP contribution in [0.4, 0.5) is 0 Å². The molecule has 152 valence electrons. The molecule has 0 spiro atoms. The molecule has 0 N–H and O–H groups in total. The lowest BCUT2D eigenvalue weighted by Gasteiger charge is -2.11. The summed E-state index contributed by atoms with van der Waals surface area (Å²) in [5, 5.41) is 11.2. The van der Waals surface area contributed by atoms with E-state index in [1.54, 1.807) is 54.8 Å². The van der Waals surface area contributed by atoms with Crippen LogP contribution < -0.4 is 9.47 Å². The number of ether oxygens (including phenoxy) is 2. The molecule has 0 bridgehead atoms. The van der Waals surface area contributed by atoms with E-state index in [2.05, 4.69) is 0 Å². The molecule has 0 fully saturated rings. The number of nitriles is 1. The highest BCUT2D eigenvalue weighted by Gasteiger charge is 2.21. The fraction of sp³-hybridized carbons (Fsp3) is 0.0909. The van der Waals surface area contributed by atoms with Gasteiger partial charge in [-0.1, -0.05) is 30.3 Å². The number of rotatable bonds is 7. The van der Waals surface area contributed by atoms with Crippen molar-refractivity contribution in [1.29, 1.82) is 5.26 Å². The molecule has 0 saturated heterocycles. The Hall–Kier alpha value is -3.41. The number of carbonyl (C=O) groups is 1. The molecule has 0 radical (unpaired) electrons. The zero-order valence-corrected chi connectivity index (χ0v) is 17.6. The fourth-order valence-electron chi connectivity index (χ4n) is 2.56. The Kier molecular flexibility index (Phi) is 6.67. The third kappa shape index (κ3) is 4.76. The highest BCUT2D eigenvalue weighted by Crippen LogP contribution is 2.31. The molecule has 0 aliphatic carbocycles. The second kappa shape index (κ2) is 9.39. The lowest BCUT2D eigenvalue weighted by atomic mass is 10.2. The first-order valence-electron chi connectivity index (χ1n) is 8.90. The first kappa shape index (κ1) is 21.3. The maximum atomic E-state index is 12.7. The van der Waals surface area contributed by atoms with Crippen LogP contribution in [0.25, 0.3) is 6.08 Å². The van der Waals surface area contributed by atoms with Crippen molar-refractivity contribution in [1.82, 2.24) is 0 Å². The summed E-state index contributed by atoms with van der Waals surface area (Å²) >= 11 is 1.26. The summed E-state index contributed by atoms with van der Waals surface area (Å²) in [4.78, 5) is 12.3. The van der Waals surface area contributed by atoms with Gasteiger partial charge >= 0.3 is 5.97 Å². The number of hydrogen-bond acceptors (Lipinski definition) is 7. The fourth-order valence-corrected chi connectivity index (χ4v) is 4.34. The molecule has 3 aromatic rings. The van der Waals surface area contributed by atoms with E-state index in [1.807, 2.05) is 0 Å². The largest absolute Gasteiger partial charge is 0.490 e. The Labute approximate surface area is 178 Å². The van der Waals surface area contributed by atoms with Crippen molar-refractivity contribution in [3.8, 4) is 17.6 Å². The standard InChI is InChI=1S/C22H17NO5S2/c1-2-27-20-14-16(10-11-19(20)28-22(24)21-9-6-12-29-21)13-18(15-23)30(25,26)17-7-4-3-5-8-17/h3-14H,2H2,1H3. The van der Waals surface area contributed by atoms with Gasteiger partial charge in [-0.2, -0.15) is 5.26 Å². The molecule has 0 amide bonds. The lowest BCUT2D eigenvalue weighted by molar-refractivity contribution is 0.0733. The minimum atomic E-state index is -3.96. The van der Waals surface area contributed by atoms with Gasteiger partial charge in [-0.05, 0) is 54.3 Å². The summed E-state index contributed by atoms with van der Waals surface area (Å²) in [7, 11) is -3.96. The number of allylic oxidation sites excluding steroid dienone is 1. The average Bonchev–Trinajstić information content (AvgIpc) is 3.29. The molecule has 30 heavy (non-hydrogen) atoms. The first-order chi connectivity index (χ1) is 14.5. The minimum Gasteiger partial charge on any atom is -0.490 e. The summed E-state index contributed by atoms with van der Waals surface area (Å²) in [6.45, 7) is 2.08. The summed E-state index contributed by atoms with van der Waals surface area (Å²) in [6.07, 6.45) is 1.26. The molecular formula is C22H17NO5S2. The molecule has 0 aliphatic rings. The molecule has 6 nitrogen and oxygen atoms in total. The van der Waals surface area contributed by atoms with Gasteiger partial charge < -0.3 is 9.47 Å². The van der Waals surface area contributed by atoms with Crippen LogP contribution in [0.15, 0.2) is 75.8 Å². The van der Waals surface area contributed by atoms with Gasteiger partial charge in [-0.3, -0.25) is 0 Å². The second-order valence-corrected chi connectivity index (χ2v) is 8.81. The van der Waals surface area contributed by atoms with Crippen molar-refractivity contribution < 1.29 is 22.7 Å². The monoisotopic (exact) mass is 439 g/mol. The van der Waals surface area contributed by atoms with Gasteiger partial charge in [0.2, 0.25) is 9.84 Å². The second-order valence-electron chi connectivity index (χ2n) is 5.94. The van der Waals surface area contributed by atoms with Crippen LogP contribution in [0.3, 0.4) is 0 Å². The quantitative estimate of drug-likeness (QED) is 0.301. The van der Waals surface area contributed by atoms with Crippen LogP contribution in [0.2, 0.25) is 0 Å². The Balaban J connectivity index is 1.95. The Morgan fingerprint density at radius 1 is 1.10 bits per heavy atom. The Morgan fingerprint density at radius 3 is 2.50 bits per heavy atom. The van der Waals surface area contributed by atoms with E-state index >= 15 is 0 Å². The van der Waals surface area contributed by atoms with Crippen molar-refractivity contribution in [2.24, 2.45) is 0 Å². The van der Waals surface area contributed by atoms with E-state index in [0.717, 1.165) is 0 Å². The summed E-state index contributed by atoms with van der Waals surface area (Å²) in [6, 6.07) is 17.5. The van der Waals surface area contributed by atoms with Gasteiger partial charge in [0, 0.05) is 0 Å². The van der Waals surface area contributed by atoms with Crippen LogP contribution in [0, 0.1) is 11.3 Å². The molecule has 1 aromatic heterocycles. The highest BCUT2D eigenvalue weighted by atomic mass is 32.2. The molecule has 0 atom stereocenters. The van der Waals surface area contributed by atoms with Crippen molar-refractivity contribution >= 4 is 33.2 Å². The maximum Gasteiger partial charge on any atom is 0.353 e. The lowest BCUT2D eigenvalue weighted by Crippen LogP contribution is -2.08. The normalized spacial score (nSPS) is 11.5. The average molecular weight is 440 g/mol. The van der Waals surface area contributed by atoms with Crippen LogP contribution in [0.5, 0.6) is 11.5 Å². The summed E-state index contributed by atoms with van der Waals surface area (Å²) < 4.78 is 36.4. The SMILES string of the molecule is CCOc1cc(C=C(C#N)S(=O)(=O)c2ccccc2)ccc1OC(=O)c1cccs1. The zero-order valence-electron chi connectivity index (χ0n) is 15.9. The van der Waals surface area contributed by atoms with E-state index in [0.29, 0.717) is 17.0 Å². The van der Waals surface area contributed by atoms with E-state index < -0.39 is 20.7 Å². The van der Waals surface area contributed by atoms with E-state index in [1.165, 1.54) is 41.7 Å². The summed E-state index contributed by atoms with van der Waals surface area (Å²) in [5.74, 6) is -0.0407. The third-order valence-corrected chi connectivity index (χ3v) is 6.47. The number of esters is 1. The van der Waals surface area contributed by atoms with Gasteiger partial charge in [0.25, 0.3) is 0 Å². The van der Waals surface area contributed by atoms with Crippen LogP contribution >= 0.6 is 11.3 Å². The highest BCUT2D eigenvalue weighted by molar-refractivity contribution is 7.95. The van der Waals surface area contributed by atoms with Crippen molar-refractivity contribution in [2.75, 3.05) is 6.61 Å². The zero-order chi connectivity index (χ0) is 21.6. The predicted octanol–water partition coefficient (Wildman–Crippen LogP) is 4.70. The number of sulfone groups is 1. The number of thiophene rings is 1. The molecule has 1 heterocycles. The van der Waals surface area contributed by atoms with E-state index in [9.17, 15) is 18.5 Å². The van der Waals surface area contributed by atoms with Gasteiger partial charge in [-0.25, -0.2) is 13.2 Å².